The van der Waals surface area contributed by atoms with Crippen LogP contribution in [-0.4, -0.2) is 48.6 Å². The summed E-state index contributed by atoms with van der Waals surface area (Å²) in [7, 11) is 0. The van der Waals surface area contributed by atoms with E-state index in [9.17, 15) is 4.79 Å². The topological polar surface area (TPSA) is 35.6 Å². The maximum atomic E-state index is 13.0. The Morgan fingerprint density at radius 3 is 2.00 bits per heavy atom. The molecule has 2 aromatic rings. The molecule has 1 heterocycles. The molecule has 0 aromatic heterocycles. The Morgan fingerprint density at radius 2 is 1.45 bits per heavy atom. The second-order valence-corrected chi connectivity index (χ2v) is 8.62. The molecule has 1 N–H and O–H groups in total. The normalized spacial score (nSPS) is 15.2. The van der Waals surface area contributed by atoms with E-state index in [2.05, 4.69) is 86.4 Å². The Labute approximate surface area is 175 Å². The van der Waals surface area contributed by atoms with Crippen molar-refractivity contribution in [3.8, 4) is 0 Å². The van der Waals surface area contributed by atoms with Crippen LogP contribution in [0.25, 0.3) is 0 Å². The average molecular weight is 394 g/mol. The number of benzene rings is 2. The first-order chi connectivity index (χ1) is 14.0. The molecule has 3 rings (SSSR count). The third-order valence-electron chi connectivity index (χ3n) is 5.82. The Hall–Kier alpha value is -2.33. The lowest BCUT2D eigenvalue weighted by Gasteiger charge is -2.35. The second-order valence-electron chi connectivity index (χ2n) is 8.62. The summed E-state index contributed by atoms with van der Waals surface area (Å²) in [5.74, 6) is 0.748. The molecule has 2 aromatic carbocycles. The van der Waals surface area contributed by atoms with E-state index in [0.29, 0.717) is 11.8 Å². The predicted molar refractivity (Wildman–Crippen MR) is 122 cm³/mol. The molecule has 0 saturated carbocycles. The highest BCUT2D eigenvalue weighted by molar-refractivity contribution is 5.91. The number of anilines is 1. The molecular formula is C25H35N3O. The van der Waals surface area contributed by atoms with Crippen molar-refractivity contribution in [2.45, 2.75) is 46.0 Å². The number of hydrogen-bond acceptors (Lipinski definition) is 2. The molecule has 29 heavy (non-hydrogen) atoms. The van der Waals surface area contributed by atoms with E-state index >= 15 is 0 Å². The number of para-hydroxylation sites is 1. The molecule has 1 aliphatic heterocycles. The van der Waals surface area contributed by atoms with Gasteiger partial charge in [-0.3, -0.25) is 4.90 Å². The van der Waals surface area contributed by atoms with Crippen LogP contribution in [0, 0.1) is 0 Å². The smallest absolute Gasteiger partial charge is 0.321 e. The molecule has 1 aliphatic rings. The molecule has 4 heteroatoms. The van der Waals surface area contributed by atoms with E-state index in [1.165, 1.54) is 16.7 Å². The van der Waals surface area contributed by atoms with E-state index in [4.69, 9.17) is 0 Å². The van der Waals surface area contributed by atoms with Gasteiger partial charge in [0, 0.05) is 38.4 Å². The Morgan fingerprint density at radius 1 is 0.862 bits per heavy atom. The van der Waals surface area contributed by atoms with Gasteiger partial charge >= 0.3 is 6.03 Å². The van der Waals surface area contributed by atoms with Crippen LogP contribution in [0.15, 0.2) is 48.5 Å². The summed E-state index contributed by atoms with van der Waals surface area (Å²) in [6, 6.07) is 17.0. The van der Waals surface area contributed by atoms with Crippen molar-refractivity contribution in [1.29, 1.82) is 0 Å². The minimum absolute atomic E-state index is 0.0303. The summed E-state index contributed by atoms with van der Waals surface area (Å²) in [5, 5.41) is 3.25. The van der Waals surface area contributed by atoms with Gasteiger partial charge in [-0.05, 0) is 34.9 Å². The van der Waals surface area contributed by atoms with Crippen molar-refractivity contribution >= 4 is 11.7 Å². The number of carbonyl (C=O) groups excluding carboxylic acids is 1. The van der Waals surface area contributed by atoms with Gasteiger partial charge in [-0.2, -0.15) is 0 Å². The van der Waals surface area contributed by atoms with E-state index in [0.717, 1.165) is 44.8 Å². The van der Waals surface area contributed by atoms with Gasteiger partial charge in [0.05, 0.1) is 0 Å². The molecular weight excluding hydrogens is 358 g/mol. The molecule has 0 spiro atoms. The maximum absolute atomic E-state index is 13.0. The number of amides is 2. The molecule has 0 radical (unpaired) electrons. The first kappa shape index (κ1) is 21.4. The summed E-state index contributed by atoms with van der Waals surface area (Å²) in [6.07, 6.45) is 1.06. The fraction of sp³-hybridized carbons (Fsp3) is 0.480. The number of rotatable bonds is 6. The predicted octanol–water partition coefficient (Wildman–Crippen LogP) is 5.33. The molecule has 0 unspecified atom stereocenters. The lowest BCUT2D eigenvalue weighted by atomic mass is 9.93. The Bertz CT molecular complexity index is 767. The van der Waals surface area contributed by atoms with E-state index in [1.54, 1.807) is 0 Å². The number of carbonyl (C=O) groups is 1. The molecule has 1 saturated heterocycles. The summed E-state index contributed by atoms with van der Waals surface area (Å²) in [6.45, 7) is 13.2. The van der Waals surface area contributed by atoms with Crippen molar-refractivity contribution in [1.82, 2.24) is 9.80 Å². The minimum Gasteiger partial charge on any atom is -0.322 e. The van der Waals surface area contributed by atoms with Crippen molar-refractivity contribution in [3.05, 3.63) is 65.2 Å². The largest absolute Gasteiger partial charge is 0.322 e. The standard InChI is InChI=1S/C25H35N3O/c1-19(2)22-11-8-12-23(20(3)4)24(22)26-25(29)28-17-15-27(16-18-28)14-13-21-9-6-5-7-10-21/h5-12,19-20H,13-18H2,1-4H3,(H,26,29). The number of nitrogens with zero attached hydrogens (tertiary/aromatic N) is 2. The molecule has 156 valence electrons. The SMILES string of the molecule is CC(C)c1cccc(C(C)C)c1NC(=O)N1CCN(CCc2ccccc2)CC1. The zero-order valence-corrected chi connectivity index (χ0v) is 18.3. The van der Waals surface area contributed by atoms with Crippen LogP contribution in [0.2, 0.25) is 0 Å². The Balaban J connectivity index is 1.57. The van der Waals surface area contributed by atoms with Gasteiger partial charge in [0.25, 0.3) is 0 Å². The lowest BCUT2D eigenvalue weighted by Crippen LogP contribution is -2.50. The molecule has 0 atom stereocenters. The second kappa shape index (κ2) is 9.93. The van der Waals surface area contributed by atoms with Gasteiger partial charge in [-0.15, -0.1) is 0 Å². The number of nitrogens with one attached hydrogen (secondary N) is 1. The minimum atomic E-state index is 0.0303. The zero-order valence-electron chi connectivity index (χ0n) is 18.3. The van der Waals surface area contributed by atoms with Crippen molar-refractivity contribution in [3.63, 3.8) is 0 Å². The average Bonchev–Trinajstić information content (AvgIpc) is 2.73. The van der Waals surface area contributed by atoms with Gasteiger partial charge in [-0.1, -0.05) is 76.2 Å². The quantitative estimate of drug-likeness (QED) is 0.720. The van der Waals surface area contributed by atoms with E-state index in [1.807, 2.05) is 4.90 Å². The van der Waals surface area contributed by atoms with Crippen LogP contribution in [-0.2, 0) is 6.42 Å². The first-order valence-corrected chi connectivity index (χ1v) is 10.9. The molecule has 4 nitrogen and oxygen atoms in total. The highest BCUT2D eigenvalue weighted by atomic mass is 16.2. The highest BCUT2D eigenvalue weighted by Gasteiger charge is 2.23. The third-order valence-corrected chi connectivity index (χ3v) is 5.82. The van der Waals surface area contributed by atoms with Crippen LogP contribution < -0.4 is 5.32 Å². The fourth-order valence-electron chi connectivity index (χ4n) is 3.99. The summed E-state index contributed by atoms with van der Waals surface area (Å²) in [4.78, 5) is 17.4. The van der Waals surface area contributed by atoms with Crippen molar-refractivity contribution < 1.29 is 4.79 Å². The first-order valence-electron chi connectivity index (χ1n) is 10.9. The lowest BCUT2D eigenvalue weighted by molar-refractivity contribution is 0.148. The summed E-state index contributed by atoms with van der Waals surface area (Å²) >= 11 is 0. The molecule has 0 aliphatic carbocycles. The van der Waals surface area contributed by atoms with Crippen LogP contribution >= 0.6 is 0 Å². The molecule has 2 amide bonds. The van der Waals surface area contributed by atoms with Gasteiger partial charge in [0.2, 0.25) is 0 Å². The highest BCUT2D eigenvalue weighted by Crippen LogP contribution is 2.32. The van der Waals surface area contributed by atoms with E-state index < -0.39 is 0 Å². The number of hydrogen-bond donors (Lipinski definition) is 1. The third kappa shape index (κ3) is 5.60. The van der Waals surface area contributed by atoms with Crippen LogP contribution in [0.1, 0.15) is 56.2 Å². The summed E-state index contributed by atoms with van der Waals surface area (Å²) in [5.41, 5.74) is 4.81. The number of piperazine rings is 1. The fourth-order valence-corrected chi connectivity index (χ4v) is 3.99. The van der Waals surface area contributed by atoms with Crippen LogP contribution in [0.4, 0.5) is 10.5 Å². The Kier molecular flexibility index (Phi) is 7.32. The van der Waals surface area contributed by atoms with Crippen LogP contribution in [0.5, 0.6) is 0 Å². The zero-order chi connectivity index (χ0) is 20.8. The van der Waals surface area contributed by atoms with E-state index in [-0.39, 0.29) is 6.03 Å². The monoisotopic (exact) mass is 393 g/mol. The van der Waals surface area contributed by atoms with Gasteiger partial charge in [0.15, 0.2) is 0 Å². The van der Waals surface area contributed by atoms with Crippen molar-refractivity contribution in [2.75, 3.05) is 38.0 Å². The molecule has 0 bridgehead atoms. The maximum Gasteiger partial charge on any atom is 0.321 e. The van der Waals surface area contributed by atoms with Gasteiger partial charge in [0.1, 0.15) is 0 Å². The van der Waals surface area contributed by atoms with Gasteiger partial charge < -0.3 is 10.2 Å². The van der Waals surface area contributed by atoms with Crippen LogP contribution in [0.3, 0.4) is 0 Å². The van der Waals surface area contributed by atoms with Gasteiger partial charge in [-0.25, -0.2) is 4.79 Å². The summed E-state index contributed by atoms with van der Waals surface area (Å²) < 4.78 is 0. The van der Waals surface area contributed by atoms with Crippen molar-refractivity contribution in [2.24, 2.45) is 0 Å². The number of urea groups is 1. The molecule has 1 fully saturated rings.